The summed E-state index contributed by atoms with van der Waals surface area (Å²) >= 11 is 0. The monoisotopic (exact) mass is 194 g/mol. The molecule has 0 aromatic heterocycles. The third-order valence-electron chi connectivity index (χ3n) is 2.63. The average molecular weight is 194 g/mol. The molecule has 0 heterocycles. The van der Waals surface area contributed by atoms with Crippen LogP contribution in [-0.2, 0) is 4.79 Å². The second-order valence-corrected chi connectivity index (χ2v) is 3.81. The van der Waals surface area contributed by atoms with Crippen molar-refractivity contribution in [3.05, 3.63) is 0 Å². The summed E-state index contributed by atoms with van der Waals surface area (Å²) in [7, 11) is 0. The van der Waals surface area contributed by atoms with E-state index < -0.39 is 36.3 Å². The number of aliphatic hydroxyl groups excluding tert-OH is 1. The first kappa shape index (κ1) is 10.4. The van der Waals surface area contributed by atoms with Crippen molar-refractivity contribution in [2.75, 3.05) is 0 Å². The van der Waals surface area contributed by atoms with Crippen LogP contribution in [0.15, 0.2) is 0 Å². The molecule has 0 saturated heterocycles. The molecule has 3 nitrogen and oxygen atoms in total. The van der Waals surface area contributed by atoms with Gasteiger partial charge in [0.2, 0.25) is 5.92 Å². The van der Waals surface area contributed by atoms with Gasteiger partial charge in [-0.05, 0) is 13.3 Å². The lowest BCUT2D eigenvalue weighted by atomic mass is 9.72. The zero-order valence-electron chi connectivity index (χ0n) is 7.26. The molecule has 1 fully saturated rings. The van der Waals surface area contributed by atoms with Crippen LogP contribution in [0.2, 0.25) is 0 Å². The van der Waals surface area contributed by atoms with Gasteiger partial charge >= 0.3 is 5.97 Å². The molecule has 0 spiro atoms. The van der Waals surface area contributed by atoms with Gasteiger partial charge in [0, 0.05) is 12.8 Å². The Hall–Kier alpha value is -0.710. The van der Waals surface area contributed by atoms with Crippen molar-refractivity contribution in [3.63, 3.8) is 0 Å². The number of rotatable bonds is 1. The lowest BCUT2D eigenvalue weighted by molar-refractivity contribution is -0.176. The van der Waals surface area contributed by atoms with Crippen LogP contribution in [0.3, 0.4) is 0 Å². The summed E-state index contributed by atoms with van der Waals surface area (Å²) in [5, 5.41) is 18.0. The molecule has 0 unspecified atom stereocenters. The molecule has 2 N–H and O–H groups in total. The second kappa shape index (κ2) is 2.90. The smallest absolute Gasteiger partial charge is 0.312 e. The average Bonchev–Trinajstić information content (AvgIpc) is 1.97. The molecule has 0 aliphatic heterocycles. The Morgan fingerprint density at radius 3 is 2.46 bits per heavy atom. The first-order valence-corrected chi connectivity index (χ1v) is 4.07. The van der Waals surface area contributed by atoms with Crippen LogP contribution in [0, 0.1) is 5.41 Å². The number of carboxylic acid groups (broad SMARTS) is 1. The number of hydrogen-bond donors (Lipinski definition) is 2. The van der Waals surface area contributed by atoms with E-state index >= 15 is 0 Å². The zero-order valence-corrected chi connectivity index (χ0v) is 7.26. The summed E-state index contributed by atoms with van der Waals surface area (Å²) < 4.78 is 25.7. The van der Waals surface area contributed by atoms with Crippen molar-refractivity contribution < 1.29 is 23.8 Å². The van der Waals surface area contributed by atoms with E-state index in [1.165, 1.54) is 0 Å². The highest BCUT2D eigenvalue weighted by molar-refractivity contribution is 5.75. The molecular formula is C8H12F2O3. The molecule has 0 aromatic carbocycles. The zero-order chi connectivity index (χ0) is 10.3. The van der Waals surface area contributed by atoms with Gasteiger partial charge in [0.15, 0.2) is 0 Å². The summed E-state index contributed by atoms with van der Waals surface area (Å²) in [5.41, 5.74) is -1.71. The molecule has 76 valence electrons. The fourth-order valence-corrected chi connectivity index (χ4v) is 1.63. The second-order valence-electron chi connectivity index (χ2n) is 3.81. The van der Waals surface area contributed by atoms with E-state index in [1.54, 1.807) is 0 Å². The molecule has 1 saturated carbocycles. The number of aliphatic hydroxyl groups is 1. The highest BCUT2D eigenvalue weighted by Gasteiger charge is 2.52. The molecule has 0 bridgehead atoms. The van der Waals surface area contributed by atoms with Gasteiger partial charge < -0.3 is 10.2 Å². The fraction of sp³-hybridized carbons (Fsp3) is 0.875. The third-order valence-corrected chi connectivity index (χ3v) is 2.63. The van der Waals surface area contributed by atoms with Crippen molar-refractivity contribution in [1.29, 1.82) is 0 Å². The minimum atomic E-state index is -2.97. The minimum absolute atomic E-state index is 0.157. The Labute approximate surface area is 74.4 Å². The first-order chi connectivity index (χ1) is 5.78. The molecule has 13 heavy (non-hydrogen) atoms. The van der Waals surface area contributed by atoms with Crippen LogP contribution in [0.5, 0.6) is 0 Å². The summed E-state index contributed by atoms with van der Waals surface area (Å²) in [4.78, 5) is 10.7. The highest BCUT2D eigenvalue weighted by Crippen LogP contribution is 2.44. The van der Waals surface area contributed by atoms with Crippen LogP contribution >= 0.6 is 0 Å². The summed E-state index contributed by atoms with van der Waals surface area (Å²) in [5.74, 6) is -4.33. The van der Waals surface area contributed by atoms with Crippen molar-refractivity contribution in [1.82, 2.24) is 0 Å². The highest BCUT2D eigenvalue weighted by atomic mass is 19.3. The molecule has 1 aliphatic rings. The van der Waals surface area contributed by atoms with Crippen molar-refractivity contribution in [3.8, 4) is 0 Å². The van der Waals surface area contributed by atoms with E-state index in [4.69, 9.17) is 5.11 Å². The maximum atomic E-state index is 12.9. The molecule has 0 amide bonds. The number of alkyl halides is 2. The van der Waals surface area contributed by atoms with Gasteiger partial charge in [-0.3, -0.25) is 4.79 Å². The predicted octanol–water partition coefficient (Wildman–Crippen LogP) is 1.26. The van der Waals surface area contributed by atoms with E-state index in [9.17, 15) is 18.7 Å². The predicted molar refractivity (Wildman–Crippen MR) is 40.5 cm³/mol. The molecule has 0 radical (unpaired) electrons. The molecule has 2 atom stereocenters. The van der Waals surface area contributed by atoms with Gasteiger partial charge in [0.25, 0.3) is 0 Å². The lowest BCUT2D eigenvalue weighted by Gasteiger charge is -2.38. The number of aliphatic carboxylic acids is 1. The lowest BCUT2D eigenvalue weighted by Crippen LogP contribution is -2.48. The SMILES string of the molecule is C[C@]1(C(=O)O)CC(F)(F)CC[C@H]1O. The molecule has 1 aliphatic carbocycles. The third kappa shape index (κ3) is 1.80. The topological polar surface area (TPSA) is 57.5 Å². The van der Waals surface area contributed by atoms with Crippen LogP contribution in [0.4, 0.5) is 8.78 Å². The Balaban J connectivity index is 2.88. The van der Waals surface area contributed by atoms with Gasteiger partial charge in [0.05, 0.1) is 11.5 Å². The van der Waals surface area contributed by atoms with Gasteiger partial charge in [-0.1, -0.05) is 0 Å². The number of carbonyl (C=O) groups is 1. The van der Waals surface area contributed by atoms with Crippen LogP contribution < -0.4 is 0 Å². The maximum Gasteiger partial charge on any atom is 0.312 e. The number of halogens is 2. The Morgan fingerprint density at radius 1 is 1.54 bits per heavy atom. The van der Waals surface area contributed by atoms with E-state index in [0.29, 0.717) is 0 Å². The van der Waals surface area contributed by atoms with E-state index in [2.05, 4.69) is 0 Å². The molecule has 5 heteroatoms. The quantitative estimate of drug-likeness (QED) is 0.660. The Bertz CT molecular complexity index is 229. The fourth-order valence-electron chi connectivity index (χ4n) is 1.63. The largest absolute Gasteiger partial charge is 0.481 e. The Morgan fingerprint density at radius 2 is 2.08 bits per heavy atom. The van der Waals surface area contributed by atoms with E-state index in [0.717, 1.165) is 6.92 Å². The van der Waals surface area contributed by atoms with Crippen molar-refractivity contribution in [2.45, 2.75) is 38.2 Å². The number of carboxylic acids is 1. The molecular weight excluding hydrogens is 182 g/mol. The number of hydrogen-bond acceptors (Lipinski definition) is 2. The molecule has 1 rings (SSSR count). The normalized spacial score (nSPS) is 38.6. The van der Waals surface area contributed by atoms with Crippen LogP contribution in [-0.4, -0.2) is 28.2 Å². The van der Waals surface area contributed by atoms with Crippen molar-refractivity contribution >= 4 is 5.97 Å². The van der Waals surface area contributed by atoms with Gasteiger partial charge in [0.1, 0.15) is 0 Å². The van der Waals surface area contributed by atoms with Gasteiger partial charge in [-0.15, -0.1) is 0 Å². The van der Waals surface area contributed by atoms with E-state index in [1.807, 2.05) is 0 Å². The minimum Gasteiger partial charge on any atom is -0.481 e. The summed E-state index contributed by atoms with van der Waals surface area (Å²) in [6, 6.07) is 0. The Kier molecular flexibility index (Phi) is 2.32. The van der Waals surface area contributed by atoms with Crippen LogP contribution in [0.1, 0.15) is 26.2 Å². The van der Waals surface area contributed by atoms with E-state index in [-0.39, 0.29) is 6.42 Å². The summed E-state index contributed by atoms with van der Waals surface area (Å²) in [6.45, 7) is 1.16. The standard InChI is InChI=1S/C8H12F2O3/c1-7(6(12)13)4-8(9,10)3-2-5(7)11/h5,11H,2-4H2,1H3,(H,12,13)/t5-,7+/m1/s1. The first-order valence-electron chi connectivity index (χ1n) is 4.07. The molecule has 0 aromatic rings. The van der Waals surface area contributed by atoms with Crippen LogP contribution in [0.25, 0.3) is 0 Å². The van der Waals surface area contributed by atoms with Crippen molar-refractivity contribution in [2.24, 2.45) is 5.41 Å². The van der Waals surface area contributed by atoms with Gasteiger partial charge in [-0.2, -0.15) is 0 Å². The van der Waals surface area contributed by atoms with Gasteiger partial charge in [-0.25, -0.2) is 8.78 Å². The summed E-state index contributed by atoms with van der Waals surface area (Å²) in [6.07, 6.45) is -2.55. The maximum absolute atomic E-state index is 12.9.